The second-order valence-corrected chi connectivity index (χ2v) is 9.46. The summed E-state index contributed by atoms with van der Waals surface area (Å²) in [6.45, 7) is 3.70. The number of hydrogen-bond donors (Lipinski definition) is 1. The molecule has 28 heavy (non-hydrogen) atoms. The lowest BCUT2D eigenvalue weighted by Gasteiger charge is -2.33. The van der Waals surface area contributed by atoms with Gasteiger partial charge in [0.05, 0.1) is 11.4 Å². The maximum absolute atomic E-state index is 13.3. The Morgan fingerprint density at radius 3 is 2.32 bits per heavy atom. The van der Waals surface area contributed by atoms with Crippen LogP contribution in [0.3, 0.4) is 0 Å². The lowest BCUT2D eigenvalue weighted by atomic mass is 9.95. The average Bonchev–Trinajstić information content (AvgIpc) is 2.67. The first-order chi connectivity index (χ1) is 13.4. The number of benzene rings is 2. The Bertz CT molecular complexity index is 917. The van der Waals surface area contributed by atoms with Gasteiger partial charge in [0.25, 0.3) is 0 Å². The zero-order valence-corrected chi connectivity index (χ0v) is 17.3. The Morgan fingerprint density at radius 1 is 1.00 bits per heavy atom. The zero-order valence-electron chi connectivity index (χ0n) is 16.5. The minimum atomic E-state index is -3.74. The van der Waals surface area contributed by atoms with Crippen molar-refractivity contribution >= 4 is 21.6 Å². The van der Waals surface area contributed by atoms with Gasteiger partial charge in [-0.3, -0.25) is 4.79 Å². The average molecular weight is 401 g/mol. The Labute approximate surface area is 167 Å². The molecule has 2 aromatic rings. The van der Waals surface area contributed by atoms with Crippen LogP contribution in [0.25, 0.3) is 0 Å². The predicted octanol–water partition coefficient (Wildman–Crippen LogP) is 4.27. The number of sulfonamides is 1. The van der Waals surface area contributed by atoms with Crippen molar-refractivity contribution in [3.8, 4) is 0 Å². The van der Waals surface area contributed by atoms with Gasteiger partial charge in [0, 0.05) is 11.7 Å². The van der Waals surface area contributed by atoms with Crippen molar-refractivity contribution in [3.63, 3.8) is 0 Å². The highest BCUT2D eigenvalue weighted by Crippen LogP contribution is 2.28. The summed E-state index contributed by atoms with van der Waals surface area (Å²) in [4.78, 5) is 12.9. The van der Waals surface area contributed by atoms with Crippen LogP contribution >= 0.6 is 0 Å². The third-order valence-corrected chi connectivity index (χ3v) is 7.12. The fraction of sp³-hybridized carbons (Fsp3) is 0.409. The number of nitrogens with zero attached hydrogens (tertiary/aromatic N) is 1. The Kier molecular flexibility index (Phi) is 6.52. The highest BCUT2D eigenvalue weighted by atomic mass is 32.2. The Hall–Kier alpha value is -2.18. The molecular weight excluding hydrogens is 372 g/mol. The molecule has 0 atom stereocenters. The van der Waals surface area contributed by atoms with Crippen molar-refractivity contribution in [2.24, 2.45) is 0 Å². The van der Waals surface area contributed by atoms with Crippen LogP contribution in [0.2, 0.25) is 0 Å². The summed E-state index contributed by atoms with van der Waals surface area (Å²) in [5.41, 5.74) is 2.72. The molecule has 1 fully saturated rings. The second kappa shape index (κ2) is 8.88. The molecule has 6 heteroatoms. The largest absolute Gasteiger partial charge is 0.325 e. The number of aryl methyl sites for hydroxylation is 2. The summed E-state index contributed by atoms with van der Waals surface area (Å²) >= 11 is 0. The molecule has 0 unspecified atom stereocenters. The number of amides is 1. The van der Waals surface area contributed by atoms with E-state index in [4.69, 9.17) is 0 Å². The number of rotatable bonds is 6. The second-order valence-electron chi connectivity index (χ2n) is 7.57. The molecule has 5 nitrogen and oxygen atoms in total. The van der Waals surface area contributed by atoms with Crippen LogP contribution in [-0.4, -0.2) is 31.2 Å². The lowest BCUT2D eigenvalue weighted by Crippen LogP contribution is -2.45. The van der Waals surface area contributed by atoms with E-state index in [1.54, 1.807) is 24.3 Å². The van der Waals surface area contributed by atoms with E-state index < -0.39 is 10.0 Å². The molecule has 1 amide bonds. The van der Waals surface area contributed by atoms with E-state index in [0.717, 1.165) is 43.2 Å². The fourth-order valence-corrected chi connectivity index (χ4v) is 5.33. The van der Waals surface area contributed by atoms with Crippen LogP contribution in [0.15, 0.2) is 53.4 Å². The molecule has 3 rings (SSSR count). The minimum absolute atomic E-state index is 0.136. The van der Waals surface area contributed by atoms with Crippen molar-refractivity contribution in [2.45, 2.75) is 56.9 Å². The molecule has 150 valence electrons. The van der Waals surface area contributed by atoms with Gasteiger partial charge < -0.3 is 5.32 Å². The first kappa shape index (κ1) is 20.6. The first-order valence-corrected chi connectivity index (χ1v) is 11.3. The molecule has 0 aromatic heterocycles. The van der Waals surface area contributed by atoms with Gasteiger partial charge in [-0.2, -0.15) is 4.31 Å². The number of nitrogens with one attached hydrogen (secondary N) is 1. The normalized spacial score (nSPS) is 15.5. The SMILES string of the molecule is Cc1ccc(S(=O)(=O)N(CC(=O)Nc2cccc(C)c2)C2CCCCC2)cc1. The summed E-state index contributed by atoms with van der Waals surface area (Å²) in [7, 11) is -3.74. The van der Waals surface area contributed by atoms with Crippen LogP contribution < -0.4 is 5.32 Å². The molecule has 0 aliphatic heterocycles. The van der Waals surface area contributed by atoms with Gasteiger partial charge in [0.15, 0.2) is 0 Å². The van der Waals surface area contributed by atoms with E-state index in [0.29, 0.717) is 5.69 Å². The van der Waals surface area contributed by atoms with Gasteiger partial charge in [-0.25, -0.2) is 8.42 Å². The van der Waals surface area contributed by atoms with E-state index >= 15 is 0 Å². The van der Waals surface area contributed by atoms with Crippen LogP contribution in [0.1, 0.15) is 43.2 Å². The van der Waals surface area contributed by atoms with Crippen LogP contribution in [0, 0.1) is 13.8 Å². The molecular formula is C22H28N2O3S. The highest BCUT2D eigenvalue weighted by molar-refractivity contribution is 7.89. The zero-order chi connectivity index (χ0) is 20.1. The van der Waals surface area contributed by atoms with Gasteiger partial charge in [0.2, 0.25) is 15.9 Å². The smallest absolute Gasteiger partial charge is 0.243 e. The monoisotopic (exact) mass is 400 g/mol. The Morgan fingerprint density at radius 2 is 1.68 bits per heavy atom. The predicted molar refractivity (Wildman–Crippen MR) is 112 cm³/mol. The molecule has 2 aromatic carbocycles. The molecule has 0 spiro atoms. The molecule has 1 aliphatic rings. The minimum Gasteiger partial charge on any atom is -0.325 e. The third kappa shape index (κ3) is 5.00. The standard InChI is InChI=1S/C22H28N2O3S/c1-17-11-13-21(14-12-17)28(26,27)24(20-9-4-3-5-10-20)16-22(25)23-19-8-6-7-18(2)15-19/h6-8,11-15,20H,3-5,9-10,16H2,1-2H3,(H,23,25). The maximum atomic E-state index is 13.3. The summed E-state index contributed by atoms with van der Waals surface area (Å²) in [6.07, 6.45) is 4.68. The van der Waals surface area contributed by atoms with E-state index in [-0.39, 0.29) is 23.4 Å². The molecule has 0 bridgehead atoms. The van der Waals surface area contributed by atoms with Crippen molar-refractivity contribution in [3.05, 3.63) is 59.7 Å². The number of hydrogen-bond acceptors (Lipinski definition) is 3. The highest BCUT2D eigenvalue weighted by Gasteiger charge is 2.33. The summed E-state index contributed by atoms with van der Waals surface area (Å²) in [6, 6.07) is 14.2. The quantitative estimate of drug-likeness (QED) is 0.788. The van der Waals surface area contributed by atoms with Crippen LogP contribution in [-0.2, 0) is 14.8 Å². The van der Waals surface area contributed by atoms with Gasteiger partial charge in [-0.15, -0.1) is 0 Å². The van der Waals surface area contributed by atoms with Crippen molar-refractivity contribution in [1.82, 2.24) is 4.31 Å². The molecule has 0 radical (unpaired) electrons. The Balaban J connectivity index is 1.84. The number of carbonyl (C=O) groups is 1. The number of carbonyl (C=O) groups excluding carboxylic acids is 1. The summed E-state index contributed by atoms with van der Waals surface area (Å²) in [5, 5.41) is 2.84. The fourth-order valence-electron chi connectivity index (χ4n) is 3.69. The lowest BCUT2D eigenvalue weighted by molar-refractivity contribution is -0.116. The van der Waals surface area contributed by atoms with Crippen molar-refractivity contribution in [2.75, 3.05) is 11.9 Å². The molecule has 1 saturated carbocycles. The van der Waals surface area contributed by atoms with Gasteiger partial charge in [-0.05, 0) is 56.5 Å². The molecule has 0 saturated heterocycles. The van der Waals surface area contributed by atoms with Crippen LogP contribution in [0.4, 0.5) is 5.69 Å². The van der Waals surface area contributed by atoms with E-state index in [9.17, 15) is 13.2 Å². The number of anilines is 1. The van der Waals surface area contributed by atoms with E-state index in [1.807, 2.05) is 38.1 Å². The topological polar surface area (TPSA) is 66.5 Å². The third-order valence-electron chi connectivity index (χ3n) is 5.21. The molecule has 0 heterocycles. The van der Waals surface area contributed by atoms with Crippen LogP contribution in [0.5, 0.6) is 0 Å². The summed E-state index contributed by atoms with van der Waals surface area (Å²) in [5.74, 6) is -0.313. The van der Waals surface area contributed by atoms with E-state index in [1.165, 1.54) is 4.31 Å². The summed E-state index contributed by atoms with van der Waals surface area (Å²) < 4.78 is 28.1. The molecule has 1 N–H and O–H groups in total. The van der Waals surface area contributed by atoms with Gasteiger partial charge in [0.1, 0.15) is 0 Å². The first-order valence-electron chi connectivity index (χ1n) is 9.81. The van der Waals surface area contributed by atoms with Gasteiger partial charge >= 0.3 is 0 Å². The van der Waals surface area contributed by atoms with Gasteiger partial charge in [-0.1, -0.05) is 49.1 Å². The molecule has 1 aliphatic carbocycles. The maximum Gasteiger partial charge on any atom is 0.243 e. The van der Waals surface area contributed by atoms with Crippen molar-refractivity contribution in [1.29, 1.82) is 0 Å². The van der Waals surface area contributed by atoms with Crippen molar-refractivity contribution < 1.29 is 13.2 Å². The van der Waals surface area contributed by atoms with E-state index in [2.05, 4.69) is 5.32 Å².